The maximum absolute atomic E-state index is 10.9. The van der Waals surface area contributed by atoms with Crippen LogP contribution in [0, 0.1) is 0 Å². The average Bonchev–Trinajstić information content (AvgIpc) is 1.82. The number of ether oxygens (including phenoxy) is 1. The van der Waals surface area contributed by atoms with Crippen molar-refractivity contribution in [3.8, 4) is 0 Å². The summed E-state index contributed by atoms with van der Waals surface area (Å²) in [5, 5.41) is 8.78. The molecule has 12 heavy (non-hydrogen) atoms. The molecule has 0 rings (SSSR count). The van der Waals surface area contributed by atoms with Crippen LogP contribution in [-0.2, 0) is 14.0 Å². The van der Waals surface area contributed by atoms with E-state index < -0.39 is 20.2 Å². The topological polar surface area (TPSA) is 55.8 Å². The van der Waals surface area contributed by atoms with E-state index in [2.05, 4.69) is 4.74 Å². The lowest BCUT2D eigenvalue weighted by molar-refractivity contribution is -0.130. The van der Waals surface area contributed by atoms with Crippen LogP contribution >= 0.6 is 0 Å². The molecule has 0 spiro atoms. The molecule has 0 aromatic heterocycles. The van der Waals surface area contributed by atoms with Crippen molar-refractivity contribution < 1.29 is 19.1 Å². The number of hydrogen-bond donors (Lipinski definition) is 1. The van der Waals surface area contributed by atoms with Crippen molar-refractivity contribution in [3.63, 3.8) is 0 Å². The van der Waals surface area contributed by atoms with E-state index in [1.807, 2.05) is 19.6 Å². The minimum absolute atomic E-state index is 0.432. The third-order valence-electron chi connectivity index (χ3n) is 0.857. The summed E-state index contributed by atoms with van der Waals surface area (Å²) < 4.78 is 9.36. The first kappa shape index (κ1) is 11.0. The van der Waals surface area contributed by atoms with Crippen molar-refractivity contribution >= 4 is 14.3 Å². The third kappa shape index (κ3) is 5.78. The zero-order chi connectivity index (χ0) is 9.78. The number of carbonyl (C=O) groups excluding carboxylic acids is 1. The third-order valence-corrected chi connectivity index (χ3v) is 1.67. The van der Waals surface area contributed by atoms with Crippen LogP contribution in [0.15, 0.2) is 12.0 Å². The second kappa shape index (κ2) is 4.15. The van der Waals surface area contributed by atoms with E-state index in [1.165, 1.54) is 7.11 Å². The number of methoxy groups -OCH3 is 1. The molecule has 0 aliphatic rings. The molecule has 0 bridgehead atoms. The molecule has 0 saturated heterocycles. The van der Waals surface area contributed by atoms with E-state index in [4.69, 9.17) is 9.53 Å². The Bertz CT molecular complexity index is 192. The van der Waals surface area contributed by atoms with Gasteiger partial charge in [0.2, 0.25) is 8.32 Å². The summed E-state index contributed by atoms with van der Waals surface area (Å²) in [6.45, 7) is 5.63. The van der Waals surface area contributed by atoms with E-state index in [9.17, 15) is 4.79 Å². The molecule has 0 amide bonds. The molecule has 0 aliphatic heterocycles. The van der Waals surface area contributed by atoms with Gasteiger partial charge in [-0.1, -0.05) is 0 Å². The van der Waals surface area contributed by atoms with Crippen LogP contribution in [-0.4, -0.2) is 26.5 Å². The first-order valence-corrected chi connectivity index (χ1v) is 6.93. The molecule has 0 heterocycles. The van der Waals surface area contributed by atoms with Gasteiger partial charge in [-0.25, -0.2) is 4.79 Å². The lowest BCUT2D eigenvalue weighted by atomic mass is 10.6. The number of hydrogen-bond acceptors (Lipinski definition) is 4. The molecule has 5 heteroatoms. The maximum Gasteiger partial charge on any atom is 0.324 e. The predicted octanol–water partition coefficient (Wildman–Crippen LogP) is 1.41. The van der Waals surface area contributed by atoms with Crippen LogP contribution in [0.25, 0.3) is 0 Å². The van der Waals surface area contributed by atoms with Crippen molar-refractivity contribution in [1.82, 2.24) is 0 Å². The highest BCUT2D eigenvalue weighted by Crippen LogP contribution is 2.03. The quantitative estimate of drug-likeness (QED) is 0.415. The van der Waals surface area contributed by atoms with Gasteiger partial charge in [0.1, 0.15) is 6.08 Å². The van der Waals surface area contributed by atoms with Crippen LogP contribution in [0.4, 0.5) is 0 Å². The highest BCUT2D eigenvalue weighted by molar-refractivity contribution is 6.71. The maximum atomic E-state index is 10.9. The Balaban J connectivity index is 4.08. The van der Waals surface area contributed by atoms with Crippen LogP contribution < -0.4 is 0 Å². The van der Waals surface area contributed by atoms with E-state index >= 15 is 0 Å². The van der Waals surface area contributed by atoms with Gasteiger partial charge in [-0.15, -0.1) is 0 Å². The molecule has 0 atom stereocenters. The average molecular weight is 190 g/mol. The molecule has 0 fully saturated rings. The lowest BCUT2D eigenvalue weighted by Gasteiger charge is -2.15. The largest absolute Gasteiger partial charge is 0.517 e. The van der Waals surface area contributed by atoms with Crippen LogP contribution in [0.3, 0.4) is 0 Å². The van der Waals surface area contributed by atoms with Gasteiger partial charge in [0.15, 0.2) is 0 Å². The van der Waals surface area contributed by atoms with Crippen molar-refractivity contribution in [1.29, 1.82) is 0 Å². The molecule has 1 N–H and O–H groups in total. The van der Waals surface area contributed by atoms with Gasteiger partial charge >= 0.3 is 5.97 Å². The highest BCUT2D eigenvalue weighted by atomic mass is 28.4. The Labute approximate surface area is 72.9 Å². The first-order valence-electron chi connectivity index (χ1n) is 3.53. The van der Waals surface area contributed by atoms with Crippen molar-refractivity contribution in [2.75, 3.05) is 7.11 Å². The van der Waals surface area contributed by atoms with Gasteiger partial charge in [0.25, 0.3) is 5.95 Å². The fraction of sp³-hybridized carbons (Fsp3) is 0.571. The Hall–Kier alpha value is -0.973. The lowest BCUT2D eigenvalue weighted by Crippen LogP contribution is -2.28. The summed E-state index contributed by atoms with van der Waals surface area (Å²) in [7, 11) is -0.589. The van der Waals surface area contributed by atoms with E-state index in [1.54, 1.807) is 0 Å². The molecule has 70 valence electrons. The number of rotatable bonds is 3. The molecule has 4 nitrogen and oxygen atoms in total. The summed E-state index contributed by atoms with van der Waals surface area (Å²) >= 11 is 0. The van der Waals surface area contributed by atoms with Gasteiger partial charge < -0.3 is 14.3 Å². The number of aliphatic hydroxyl groups excluding tert-OH is 1. The Morgan fingerprint density at radius 2 is 1.92 bits per heavy atom. The minimum atomic E-state index is -1.86. The molecule has 0 aliphatic carbocycles. The van der Waals surface area contributed by atoms with Gasteiger partial charge in [-0.3, -0.25) is 0 Å². The Kier molecular flexibility index (Phi) is 3.82. The van der Waals surface area contributed by atoms with Gasteiger partial charge in [0.05, 0.1) is 7.11 Å². The summed E-state index contributed by atoms with van der Waals surface area (Å²) in [5.74, 6) is -0.994. The summed E-state index contributed by atoms with van der Waals surface area (Å²) in [6, 6.07) is 0. The molecule has 0 unspecified atom stereocenters. The predicted molar refractivity (Wildman–Crippen MR) is 47.2 cm³/mol. The van der Waals surface area contributed by atoms with E-state index in [-0.39, 0.29) is 0 Å². The Morgan fingerprint density at radius 1 is 1.42 bits per heavy atom. The molecule has 0 radical (unpaired) electrons. The van der Waals surface area contributed by atoms with Crippen molar-refractivity contribution in [2.24, 2.45) is 0 Å². The van der Waals surface area contributed by atoms with E-state index in [0.29, 0.717) is 0 Å². The second-order valence-electron chi connectivity index (χ2n) is 3.22. The highest BCUT2D eigenvalue weighted by Gasteiger charge is 2.19. The minimum Gasteiger partial charge on any atom is -0.517 e. The van der Waals surface area contributed by atoms with Crippen LogP contribution in [0.5, 0.6) is 0 Å². The normalized spacial score (nSPS) is 12.5. The standard InChI is InChI=1S/C7H14O4Si/c1-10-6(8)5-7(9)11-12(2,3)4/h5,8H,1-4H3. The zero-order valence-corrected chi connectivity index (χ0v) is 8.75. The van der Waals surface area contributed by atoms with Crippen LogP contribution in [0.1, 0.15) is 0 Å². The van der Waals surface area contributed by atoms with Gasteiger partial charge in [-0.2, -0.15) is 0 Å². The van der Waals surface area contributed by atoms with Crippen molar-refractivity contribution in [2.45, 2.75) is 19.6 Å². The fourth-order valence-electron chi connectivity index (χ4n) is 0.491. The summed E-state index contributed by atoms with van der Waals surface area (Å²) in [5.41, 5.74) is 0. The molecule has 0 aromatic rings. The van der Waals surface area contributed by atoms with Gasteiger partial charge in [0, 0.05) is 0 Å². The summed E-state index contributed by atoms with van der Waals surface area (Å²) in [6.07, 6.45) is 0.915. The molecule has 0 aromatic carbocycles. The number of carbonyl (C=O) groups is 1. The smallest absolute Gasteiger partial charge is 0.324 e. The fourth-order valence-corrected chi connectivity index (χ4v) is 1.15. The SMILES string of the molecule is COC(O)=CC(=O)O[Si](C)(C)C. The monoisotopic (exact) mass is 190 g/mol. The number of aliphatic hydroxyl groups is 1. The van der Waals surface area contributed by atoms with Gasteiger partial charge in [-0.05, 0) is 19.6 Å². The Morgan fingerprint density at radius 3 is 2.25 bits per heavy atom. The van der Waals surface area contributed by atoms with E-state index in [0.717, 1.165) is 6.08 Å². The van der Waals surface area contributed by atoms with Crippen LogP contribution in [0.2, 0.25) is 19.6 Å². The molecular formula is C7H14O4Si. The first-order chi connectivity index (χ1) is 5.35. The molecular weight excluding hydrogens is 176 g/mol. The summed E-state index contributed by atoms with van der Waals surface area (Å²) in [4.78, 5) is 10.9. The van der Waals surface area contributed by atoms with Crippen molar-refractivity contribution in [3.05, 3.63) is 12.0 Å². The zero-order valence-electron chi connectivity index (χ0n) is 7.75. The molecule has 0 saturated carbocycles. The second-order valence-corrected chi connectivity index (χ2v) is 7.65.